The Labute approximate surface area is 128 Å². The molecule has 0 saturated heterocycles. The molecule has 0 aliphatic carbocycles. The van der Waals surface area contributed by atoms with E-state index in [9.17, 15) is 4.79 Å². The average molecular weight is 300 g/mol. The maximum absolute atomic E-state index is 10.8. The Balaban J connectivity index is 1.91. The van der Waals surface area contributed by atoms with E-state index in [0.717, 1.165) is 11.3 Å². The lowest BCUT2D eigenvalue weighted by Gasteiger charge is -2.01. The van der Waals surface area contributed by atoms with Crippen LogP contribution in [-0.2, 0) is 4.79 Å². The van der Waals surface area contributed by atoms with E-state index in [1.165, 1.54) is 21.6 Å². The Bertz CT molecular complexity index is 574. The Hall–Kier alpha value is -1.45. The topological polar surface area (TPSA) is 17.1 Å². The van der Waals surface area contributed by atoms with Crippen LogP contribution in [0.3, 0.4) is 0 Å². The van der Waals surface area contributed by atoms with E-state index < -0.39 is 0 Å². The van der Waals surface area contributed by atoms with Crippen molar-refractivity contribution in [1.29, 1.82) is 0 Å². The smallest absolute Gasteiger partial charge is 0.186 e. The van der Waals surface area contributed by atoms with Crippen LogP contribution in [0.15, 0.2) is 70.5 Å². The van der Waals surface area contributed by atoms with E-state index in [4.69, 9.17) is 0 Å². The molecule has 2 aromatic carbocycles. The molecule has 1 nitrogen and oxygen atoms in total. The summed E-state index contributed by atoms with van der Waals surface area (Å²) in [6.45, 7) is 1.59. The van der Waals surface area contributed by atoms with Crippen LogP contribution in [0.1, 0.15) is 12.5 Å². The minimum Gasteiger partial charge on any atom is -0.288 e. The van der Waals surface area contributed by atoms with Crippen LogP contribution in [0.5, 0.6) is 0 Å². The lowest BCUT2D eigenvalue weighted by Crippen LogP contribution is -1.81. The van der Waals surface area contributed by atoms with E-state index in [1.807, 2.05) is 30.4 Å². The summed E-state index contributed by atoms with van der Waals surface area (Å²) in [4.78, 5) is 13.3. The molecule has 0 atom stereocenters. The SMILES string of the molecule is CC(=O)SCC=Cc1ccc(Sc2ccccc2)cc1. The van der Waals surface area contributed by atoms with Crippen LogP contribution in [-0.4, -0.2) is 10.9 Å². The van der Waals surface area contributed by atoms with Gasteiger partial charge in [0.25, 0.3) is 0 Å². The highest BCUT2D eigenvalue weighted by Crippen LogP contribution is 2.27. The molecule has 0 aromatic heterocycles. The number of hydrogen-bond donors (Lipinski definition) is 0. The highest BCUT2D eigenvalue weighted by molar-refractivity contribution is 8.13. The second kappa shape index (κ2) is 7.98. The molecule has 0 spiro atoms. The van der Waals surface area contributed by atoms with Gasteiger partial charge in [-0.3, -0.25) is 4.79 Å². The minimum atomic E-state index is 0.157. The van der Waals surface area contributed by atoms with Gasteiger partial charge in [-0.2, -0.15) is 0 Å². The summed E-state index contributed by atoms with van der Waals surface area (Å²) in [7, 11) is 0. The number of hydrogen-bond acceptors (Lipinski definition) is 3. The maximum Gasteiger partial charge on any atom is 0.186 e. The fourth-order valence-electron chi connectivity index (χ4n) is 1.62. The summed E-state index contributed by atoms with van der Waals surface area (Å²) in [5.74, 6) is 0.732. The summed E-state index contributed by atoms with van der Waals surface area (Å²) in [6.07, 6.45) is 4.07. The van der Waals surface area contributed by atoms with Crippen molar-refractivity contribution in [3.05, 3.63) is 66.2 Å². The molecule has 2 aromatic rings. The first-order valence-electron chi connectivity index (χ1n) is 6.37. The quantitative estimate of drug-likeness (QED) is 0.762. The monoisotopic (exact) mass is 300 g/mol. The van der Waals surface area contributed by atoms with Crippen LogP contribution in [0.2, 0.25) is 0 Å². The molecule has 0 heterocycles. The van der Waals surface area contributed by atoms with Gasteiger partial charge in [-0.05, 0) is 29.8 Å². The van der Waals surface area contributed by atoms with Crippen LogP contribution < -0.4 is 0 Å². The maximum atomic E-state index is 10.8. The van der Waals surface area contributed by atoms with E-state index in [2.05, 4.69) is 36.4 Å². The summed E-state index contributed by atoms with van der Waals surface area (Å²) < 4.78 is 0. The molecule has 0 unspecified atom stereocenters. The van der Waals surface area contributed by atoms with E-state index in [-0.39, 0.29) is 5.12 Å². The number of rotatable bonds is 5. The number of thioether (sulfide) groups is 1. The van der Waals surface area contributed by atoms with Gasteiger partial charge < -0.3 is 0 Å². The van der Waals surface area contributed by atoms with Crippen molar-refractivity contribution in [3.8, 4) is 0 Å². The van der Waals surface area contributed by atoms with Gasteiger partial charge in [-0.1, -0.05) is 66.0 Å². The molecule has 3 heteroatoms. The zero-order chi connectivity index (χ0) is 14.2. The van der Waals surface area contributed by atoms with Crippen LogP contribution in [0, 0.1) is 0 Å². The Morgan fingerprint density at radius 3 is 2.30 bits per heavy atom. The van der Waals surface area contributed by atoms with Crippen molar-refractivity contribution in [2.75, 3.05) is 5.75 Å². The first-order valence-corrected chi connectivity index (χ1v) is 8.17. The molecule has 0 amide bonds. The zero-order valence-corrected chi connectivity index (χ0v) is 12.9. The van der Waals surface area contributed by atoms with Gasteiger partial charge >= 0.3 is 0 Å². The van der Waals surface area contributed by atoms with Gasteiger partial charge in [-0.15, -0.1) is 0 Å². The molecule has 2 rings (SSSR count). The van der Waals surface area contributed by atoms with Gasteiger partial charge in [0.15, 0.2) is 5.12 Å². The minimum absolute atomic E-state index is 0.157. The van der Waals surface area contributed by atoms with Crippen LogP contribution >= 0.6 is 23.5 Å². The van der Waals surface area contributed by atoms with Crippen molar-refractivity contribution >= 4 is 34.7 Å². The fourth-order valence-corrected chi connectivity index (χ4v) is 2.89. The number of carbonyl (C=O) groups is 1. The largest absolute Gasteiger partial charge is 0.288 e. The molecule has 0 saturated carbocycles. The number of carbonyl (C=O) groups excluding carboxylic acids is 1. The molecule has 0 bridgehead atoms. The Morgan fingerprint density at radius 2 is 1.65 bits per heavy atom. The third-order valence-electron chi connectivity index (χ3n) is 2.55. The number of benzene rings is 2. The predicted octanol–water partition coefficient (Wildman–Crippen LogP) is 5.13. The highest BCUT2D eigenvalue weighted by atomic mass is 32.2. The van der Waals surface area contributed by atoms with Crippen molar-refractivity contribution in [2.45, 2.75) is 16.7 Å². The molecular weight excluding hydrogens is 284 g/mol. The van der Waals surface area contributed by atoms with Gasteiger partial charge in [0.05, 0.1) is 0 Å². The molecule has 0 fully saturated rings. The molecule has 0 aliphatic rings. The van der Waals surface area contributed by atoms with Crippen LogP contribution in [0.25, 0.3) is 6.08 Å². The Kier molecular flexibility index (Phi) is 5.96. The van der Waals surface area contributed by atoms with Crippen molar-refractivity contribution in [2.24, 2.45) is 0 Å². The zero-order valence-electron chi connectivity index (χ0n) is 11.3. The molecule has 0 aliphatic heterocycles. The summed E-state index contributed by atoms with van der Waals surface area (Å²) in [5, 5.41) is 0.157. The van der Waals surface area contributed by atoms with Gasteiger partial charge in [-0.25, -0.2) is 0 Å². The van der Waals surface area contributed by atoms with Gasteiger partial charge in [0.2, 0.25) is 0 Å². The van der Waals surface area contributed by atoms with Crippen molar-refractivity contribution in [3.63, 3.8) is 0 Å². The van der Waals surface area contributed by atoms with E-state index in [1.54, 1.807) is 18.7 Å². The second-order valence-corrected chi connectivity index (χ2v) is 6.53. The molecule has 0 radical (unpaired) electrons. The molecular formula is C17H16OS2. The fraction of sp³-hybridized carbons (Fsp3) is 0.118. The molecule has 102 valence electrons. The summed E-state index contributed by atoms with van der Waals surface area (Å²) in [6, 6.07) is 18.8. The third-order valence-corrected chi connectivity index (χ3v) is 4.33. The Morgan fingerprint density at radius 1 is 1.00 bits per heavy atom. The highest BCUT2D eigenvalue weighted by Gasteiger charge is 1.96. The van der Waals surface area contributed by atoms with Crippen LogP contribution in [0.4, 0.5) is 0 Å². The molecule has 0 N–H and O–H groups in total. The van der Waals surface area contributed by atoms with Gasteiger partial charge in [0.1, 0.15) is 0 Å². The lowest BCUT2D eigenvalue weighted by molar-refractivity contribution is -0.109. The summed E-state index contributed by atoms with van der Waals surface area (Å²) in [5.41, 5.74) is 1.16. The molecule has 20 heavy (non-hydrogen) atoms. The van der Waals surface area contributed by atoms with E-state index in [0.29, 0.717) is 0 Å². The lowest BCUT2D eigenvalue weighted by atomic mass is 10.2. The second-order valence-electron chi connectivity index (χ2n) is 4.19. The van der Waals surface area contributed by atoms with Crippen molar-refractivity contribution in [1.82, 2.24) is 0 Å². The standard InChI is InChI=1S/C17H16OS2/c1-14(18)19-13-5-6-15-9-11-17(12-10-15)20-16-7-3-2-4-8-16/h2-12H,13H2,1H3. The average Bonchev–Trinajstić information content (AvgIpc) is 2.46. The third kappa shape index (κ3) is 5.27. The van der Waals surface area contributed by atoms with E-state index >= 15 is 0 Å². The first kappa shape index (κ1) is 14.9. The van der Waals surface area contributed by atoms with Crippen molar-refractivity contribution < 1.29 is 4.79 Å². The normalized spacial score (nSPS) is 10.8. The van der Waals surface area contributed by atoms with Gasteiger partial charge in [0, 0.05) is 22.5 Å². The predicted molar refractivity (Wildman–Crippen MR) is 89.2 cm³/mol. The summed E-state index contributed by atoms with van der Waals surface area (Å²) >= 11 is 3.08. The first-order chi connectivity index (χ1) is 9.74.